The Bertz CT molecular complexity index is 546. The Morgan fingerprint density at radius 3 is 2.81 bits per heavy atom. The highest BCUT2D eigenvalue weighted by Crippen LogP contribution is 2.49. The van der Waals surface area contributed by atoms with Crippen LogP contribution in [0.3, 0.4) is 0 Å². The second-order valence-electron chi connectivity index (χ2n) is 6.45. The Morgan fingerprint density at radius 1 is 1.38 bits per heavy atom. The number of halogens is 1. The molecule has 4 unspecified atom stereocenters. The maximum atomic E-state index is 12.5. The zero-order chi connectivity index (χ0) is 15.0. The molecule has 1 N–H and O–H groups in total. The Balaban J connectivity index is 1.68. The van der Waals surface area contributed by atoms with E-state index < -0.39 is 0 Å². The molecule has 0 aliphatic heterocycles. The van der Waals surface area contributed by atoms with Gasteiger partial charge in [-0.1, -0.05) is 6.42 Å². The van der Waals surface area contributed by atoms with Crippen molar-refractivity contribution in [2.45, 2.75) is 38.6 Å². The van der Waals surface area contributed by atoms with Crippen LogP contribution in [-0.4, -0.2) is 19.1 Å². The summed E-state index contributed by atoms with van der Waals surface area (Å²) in [5.74, 6) is 3.06. The maximum Gasteiger partial charge on any atom is 0.252 e. The van der Waals surface area contributed by atoms with E-state index >= 15 is 0 Å². The van der Waals surface area contributed by atoms with Crippen molar-refractivity contribution in [1.29, 1.82) is 0 Å². The summed E-state index contributed by atoms with van der Waals surface area (Å²) in [6.07, 6.45) is 5.39. The second-order valence-corrected chi connectivity index (χ2v) is 7.30. The lowest BCUT2D eigenvalue weighted by molar-refractivity contribution is 0.0914. The Hall–Kier alpha value is -1.03. The highest BCUT2D eigenvalue weighted by molar-refractivity contribution is 9.10. The van der Waals surface area contributed by atoms with Gasteiger partial charge in [-0.2, -0.15) is 0 Å². The minimum Gasteiger partial charge on any atom is -0.497 e. The molecule has 1 aromatic rings. The molecule has 2 fully saturated rings. The molecule has 2 saturated carbocycles. The van der Waals surface area contributed by atoms with Gasteiger partial charge >= 0.3 is 0 Å². The standard InChI is InChI=1S/C17H22BrNO2/c1-10(14-8-11-3-4-12(14)7-11)19-17(20)15-9-13(21-2)5-6-16(15)18/h5-6,9-12,14H,3-4,7-8H2,1-2H3,(H,19,20). The van der Waals surface area contributed by atoms with E-state index in [1.165, 1.54) is 25.7 Å². The van der Waals surface area contributed by atoms with Crippen LogP contribution in [0, 0.1) is 17.8 Å². The number of hydrogen-bond acceptors (Lipinski definition) is 2. The van der Waals surface area contributed by atoms with Crippen molar-refractivity contribution in [2.75, 3.05) is 7.11 Å². The van der Waals surface area contributed by atoms with E-state index in [0.717, 1.165) is 16.3 Å². The number of nitrogens with one attached hydrogen (secondary N) is 1. The quantitative estimate of drug-likeness (QED) is 0.889. The molecule has 1 aromatic carbocycles. The summed E-state index contributed by atoms with van der Waals surface area (Å²) in [7, 11) is 1.61. The minimum absolute atomic E-state index is 0.0175. The normalized spacial score (nSPS) is 28.4. The van der Waals surface area contributed by atoms with Crippen LogP contribution in [0.4, 0.5) is 0 Å². The molecule has 2 aliphatic rings. The molecule has 4 atom stereocenters. The molecule has 3 nitrogen and oxygen atoms in total. The number of methoxy groups -OCH3 is 1. The number of ether oxygens (including phenoxy) is 1. The predicted octanol–water partition coefficient (Wildman–Crippen LogP) is 4.01. The molecule has 0 aromatic heterocycles. The first-order chi connectivity index (χ1) is 10.1. The summed E-state index contributed by atoms with van der Waals surface area (Å²) in [6.45, 7) is 2.15. The molecule has 3 rings (SSSR count). The SMILES string of the molecule is COc1ccc(Br)c(C(=O)NC(C)C2CC3CCC2C3)c1. The van der Waals surface area contributed by atoms with E-state index in [1.54, 1.807) is 13.2 Å². The third-order valence-corrected chi connectivity index (χ3v) is 5.90. The van der Waals surface area contributed by atoms with Crippen LogP contribution >= 0.6 is 15.9 Å². The third kappa shape index (κ3) is 2.96. The summed E-state index contributed by atoms with van der Waals surface area (Å²) in [5.41, 5.74) is 0.643. The van der Waals surface area contributed by atoms with Crippen LogP contribution in [0.25, 0.3) is 0 Å². The fraction of sp³-hybridized carbons (Fsp3) is 0.588. The predicted molar refractivity (Wildman–Crippen MR) is 86.6 cm³/mol. The van der Waals surface area contributed by atoms with Gasteiger partial charge in [0.05, 0.1) is 12.7 Å². The van der Waals surface area contributed by atoms with E-state index in [1.807, 2.05) is 12.1 Å². The van der Waals surface area contributed by atoms with Crippen molar-refractivity contribution < 1.29 is 9.53 Å². The molecule has 4 heteroatoms. The van der Waals surface area contributed by atoms with Crippen LogP contribution in [0.2, 0.25) is 0 Å². The average Bonchev–Trinajstić information content (AvgIpc) is 3.10. The van der Waals surface area contributed by atoms with Gasteiger partial charge in [-0.15, -0.1) is 0 Å². The Labute approximate surface area is 134 Å². The zero-order valence-electron chi connectivity index (χ0n) is 12.6. The van der Waals surface area contributed by atoms with Gasteiger partial charge in [-0.3, -0.25) is 4.79 Å². The molecule has 21 heavy (non-hydrogen) atoms. The molecular formula is C17H22BrNO2. The van der Waals surface area contributed by atoms with Gasteiger partial charge < -0.3 is 10.1 Å². The van der Waals surface area contributed by atoms with Gasteiger partial charge in [0.1, 0.15) is 5.75 Å². The first-order valence-electron chi connectivity index (χ1n) is 7.73. The number of carbonyl (C=O) groups is 1. The van der Waals surface area contributed by atoms with Crippen LogP contribution in [-0.2, 0) is 0 Å². The Kier molecular flexibility index (Phi) is 4.25. The Morgan fingerprint density at radius 2 is 2.19 bits per heavy atom. The van der Waals surface area contributed by atoms with Crippen molar-refractivity contribution >= 4 is 21.8 Å². The number of amides is 1. The van der Waals surface area contributed by atoms with Crippen LogP contribution in [0.15, 0.2) is 22.7 Å². The third-order valence-electron chi connectivity index (χ3n) is 5.21. The summed E-state index contributed by atoms with van der Waals surface area (Å²) >= 11 is 3.45. The van der Waals surface area contributed by atoms with E-state index in [9.17, 15) is 4.79 Å². The van der Waals surface area contributed by atoms with Gasteiger partial charge in [0.15, 0.2) is 0 Å². The lowest BCUT2D eigenvalue weighted by Crippen LogP contribution is -2.40. The second kappa shape index (κ2) is 5.99. The van der Waals surface area contributed by atoms with Crippen LogP contribution in [0.1, 0.15) is 43.0 Å². The first-order valence-corrected chi connectivity index (χ1v) is 8.52. The number of rotatable bonds is 4. The van der Waals surface area contributed by atoms with E-state index in [-0.39, 0.29) is 11.9 Å². The monoisotopic (exact) mass is 351 g/mol. The van der Waals surface area contributed by atoms with E-state index in [0.29, 0.717) is 17.2 Å². The van der Waals surface area contributed by atoms with Crippen molar-refractivity contribution in [3.05, 3.63) is 28.2 Å². The molecule has 1 amide bonds. The summed E-state index contributed by atoms with van der Waals surface area (Å²) < 4.78 is 6.01. The van der Waals surface area contributed by atoms with Crippen molar-refractivity contribution in [3.63, 3.8) is 0 Å². The van der Waals surface area contributed by atoms with Gasteiger partial charge in [-0.05, 0) is 78.1 Å². The number of benzene rings is 1. The van der Waals surface area contributed by atoms with E-state index in [2.05, 4.69) is 28.2 Å². The van der Waals surface area contributed by atoms with Crippen LogP contribution in [0.5, 0.6) is 5.75 Å². The van der Waals surface area contributed by atoms with Crippen LogP contribution < -0.4 is 10.1 Å². The van der Waals surface area contributed by atoms with Gasteiger partial charge in [-0.25, -0.2) is 0 Å². The largest absolute Gasteiger partial charge is 0.497 e. The summed E-state index contributed by atoms with van der Waals surface area (Å²) in [6, 6.07) is 5.73. The fourth-order valence-electron chi connectivity index (χ4n) is 4.10. The topological polar surface area (TPSA) is 38.3 Å². The molecule has 2 aliphatic carbocycles. The molecule has 0 spiro atoms. The lowest BCUT2D eigenvalue weighted by atomic mass is 9.84. The minimum atomic E-state index is -0.0175. The summed E-state index contributed by atoms with van der Waals surface area (Å²) in [5, 5.41) is 3.19. The number of carbonyl (C=O) groups excluding carboxylic acids is 1. The highest BCUT2D eigenvalue weighted by Gasteiger charge is 2.42. The van der Waals surface area contributed by atoms with Crippen molar-refractivity contribution in [2.24, 2.45) is 17.8 Å². The first kappa shape index (κ1) is 14.9. The number of hydrogen-bond donors (Lipinski definition) is 1. The number of fused-ring (bicyclic) bond motifs is 2. The van der Waals surface area contributed by atoms with Gasteiger partial charge in [0.25, 0.3) is 5.91 Å². The molecule has 0 radical (unpaired) electrons. The van der Waals surface area contributed by atoms with Crippen molar-refractivity contribution in [1.82, 2.24) is 5.32 Å². The maximum absolute atomic E-state index is 12.5. The molecule has 114 valence electrons. The highest BCUT2D eigenvalue weighted by atomic mass is 79.9. The summed E-state index contributed by atoms with van der Waals surface area (Å²) in [4.78, 5) is 12.5. The van der Waals surface area contributed by atoms with Crippen molar-refractivity contribution in [3.8, 4) is 5.75 Å². The fourth-order valence-corrected chi connectivity index (χ4v) is 4.53. The van der Waals surface area contributed by atoms with E-state index in [4.69, 9.17) is 4.74 Å². The van der Waals surface area contributed by atoms with Gasteiger partial charge in [0.2, 0.25) is 0 Å². The van der Waals surface area contributed by atoms with Gasteiger partial charge in [0, 0.05) is 10.5 Å². The average molecular weight is 352 g/mol. The molecule has 2 bridgehead atoms. The smallest absolute Gasteiger partial charge is 0.252 e. The molecule has 0 heterocycles. The lowest BCUT2D eigenvalue weighted by Gasteiger charge is -2.28. The zero-order valence-corrected chi connectivity index (χ0v) is 14.2. The molecular weight excluding hydrogens is 330 g/mol. The molecule has 0 saturated heterocycles.